The van der Waals surface area contributed by atoms with Crippen molar-refractivity contribution in [3.63, 3.8) is 0 Å². The predicted molar refractivity (Wildman–Crippen MR) is 102 cm³/mol. The van der Waals surface area contributed by atoms with Gasteiger partial charge in [-0.15, -0.1) is 0 Å². The summed E-state index contributed by atoms with van der Waals surface area (Å²) in [7, 11) is -2.08. The third kappa shape index (κ3) is 3.98. The van der Waals surface area contributed by atoms with Crippen LogP contribution in [0.2, 0.25) is 0 Å². The first-order valence-electron chi connectivity index (χ1n) is 8.48. The minimum Gasteiger partial charge on any atom is -0.497 e. The number of methoxy groups -OCH3 is 1. The van der Waals surface area contributed by atoms with E-state index >= 15 is 0 Å². The Kier molecular flexibility index (Phi) is 5.46. The lowest BCUT2D eigenvalue weighted by atomic mass is 10.0. The normalized spacial score (nSPS) is 18.9. The van der Waals surface area contributed by atoms with Gasteiger partial charge in [-0.05, 0) is 48.7 Å². The molecule has 1 aliphatic rings. The van der Waals surface area contributed by atoms with Gasteiger partial charge < -0.3 is 9.84 Å². The second-order valence-corrected chi connectivity index (χ2v) is 8.40. The third-order valence-corrected chi connectivity index (χ3v) is 6.34. The number of aliphatic hydroxyl groups excluding tert-OH is 1. The van der Waals surface area contributed by atoms with Crippen LogP contribution in [0, 0.1) is 6.92 Å². The molecule has 6 heteroatoms. The molecule has 0 amide bonds. The number of hydrogen-bond acceptors (Lipinski definition) is 4. The Bertz CT molecular complexity index is 886. The molecular formula is C20H23NO4S. The maximum absolute atomic E-state index is 13.0. The molecule has 0 fully saturated rings. The fourth-order valence-corrected chi connectivity index (χ4v) is 4.42. The molecule has 0 radical (unpaired) electrons. The molecule has 5 nitrogen and oxygen atoms in total. The van der Waals surface area contributed by atoms with Crippen LogP contribution in [0.1, 0.15) is 17.5 Å². The van der Waals surface area contributed by atoms with E-state index in [0.717, 1.165) is 22.4 Å². The first kappa shape index (κ1) is 18.6. The summed E-state index contributed by atoms with van der Waals surface area (Å²) >= 11 is 0. The van der Waals surface area contributed by atoms with E-state index in [1.807, 2.05) is 37.3 Å². The van der Waals surface area contributed by atoms with Crippen LogP contribution in [0.5, 0.6) is 5.75 Å². The zero-order valence-electron chi connectivity index (χ0n) is 14.9. The van der Waals surface area contributed by atoms with Crippen LogP contribution in [-0.2, 0) is 10.0 Å². The van der Waals surface area contributed by atoms with Crippen molar-refractivity contribution in [1.82, 2.24) is 4.31 Å². The maximum Gasteiger partial charge on any atom is 0.243 e. The van der Waals surface area contributed by atoms with Crippen LogP contribution < -0.4 is 4.74 Å². The number of benzene rings is 2. The van der Waals surface area contributed by atoms with E-state index in [0.29, 0.717) is 6.42 Å². The van der Waals surface area contributed by atoms with Crippen LogP contribution >= 0.6 is 0 Å². The summed E-state index contributed by atoms with van der Waals surface area (Å²) < 4.78 is 32.6. The number of nitrogens with zero attached hydrogens (tertiary/aromatic N) is 1. The average molecular weight is 373 g/mol. The highest BCUT2D eigenvalue weighted by molar-refractivity contribution is 7.89. The molecular weight excluding hydrogens is 350 g/mol. The van der Waals surface area contributed by atoms with Gasteiger partial charge in [-0.3, -0.25) is 0 Å². The number of sulfonamides is 1. The fraction of sp³-hybridized carbons (Fsp3) is 0.300. The Morgan fingerprint density at radius 3 is 2.35 bits per heavy atom. The second-order valence-electron chi connectivity index (χ2n) is 6.46. The average Bonchev–Trinajstić information content (AvgIpc) is 2.84. The summed E-state index contributed by atoms with van der Waals surface area (Å²) in [6.45, 7) is 2.21. The number of rotatable bonds is 4. The van der Waals surface area contributed by atoms with Crippen LogP contribution in [-0.4, -0.2) is 44.1 Å². The summed E-state index contributed by atoms with van der Waals surface area (Å²) in [4.78, 5) is 0.242. The van der Waals surface area contributed by atoms with Crippen LogP contribution in [0.25, 0.3) is 5.57 Å². The Labute approximate surface area is 154 Å². The van der Waals surface area contributed by atoms with Crippen molar-refractivity contribution in [2.45, 2.75) is 24.3 Å². The lowest BCUT2D eigenvalue weighted by Crippen LogP contribution is -2.37. The molecule has 1 heterocycles. The van der Waals surface area contributed by atoms with Crippen molar-refractivity contribution in [1.29, 1.82) is 0 Å². The van der Waals surface area contributed by atoms with Crippen molar-refractivity contribution in [3.8, 4) is 5.75 Å². The molecule has 0 saturated carbocycles. The van der Waals surface area contributed by atoms with Gasteiger partial charge in [0, 0.05) is 13.1 Å². The molecule has 1 aliphatic heterocycles. The number of aliphatic hydroxyl groups is 1. The fourth-order valence-electron chi connectivity index (χ4n) is 2.96. The minimum atomic E-state index is -3.68. The molecule has 0 aliphatic carbocycles. The smallest absolute Gasteiger partial charge is 0.243 e. The Morgan fingerprint density at radius 2 is 1.73 bits per heavy atom. The lowest BCUT2D eigenvalue weighted by molar-refractivity contribution is 0.155. The van der Waals surface area contributed by atoms with Gasteiger partial charge in [-0.2, -0.15) is 4.31 Å². The molecule has 1 N–H and O–H groups in total. The molecule has 0 bridgehead atoms. The zero-order valence-corrected chi connectivity index (χ0v) is 15.7. The molecule has 138 valence electrons. The molecule has 0 spiro atoms. The van der Waals surface area contributed by atoms with Crippen LogP contribution in [0.4, 0.5) is 0 Å². The number of hydrogen-bond donors (Lipinski definition) is 1. The van der Waals surface area contributed by atoms with Crippen molar-refractivity contribution < 1.29 is 18.3 Å². The lowest BCUT2D eigenvalue weighted by Gasteiger charge is -2.23. The molecule has 0 aromatic heterocycles. The first-order chi connectivity index (χ1) is 12.4. The maximum atomic E-state index is 13.0. The van der Waals surface area contributed by atoms with Gasteiger partial charge in [0.15, 0.2) is 0 Å². The summed E-state index contributed by atoms with van der Waals surface area (Å²) in [5, 5.41) is 10.2. The summed E-state index contributed by atoms with van der Waals surface area (Å²) in [5.41, 5.74) is 2.79. The second kappa shape index (κ2) is 7.61. The standard InChI is InChI=1S/C20H23NO4S/c1-15-3-11-20(12-4-15)26(23,24)21-13-17(5-8-18(22)14-21)16-6-9-19(25-2)10-7-16/h3-7,9-12,18,22H,8,13-14H2,1-2H3. The van der Waals surface area contributed by atoms with E-state index in [4.69, 9.17) is 4.74 Å². The predicted octanol–water partition coefficient (Wildman–Crippen LogP) is 2.84. The van der Waals surface area contributed by atoms with Gasteiger partial charge in [0.25, 0.3) is 0 Å². The summed E-state index contributed by atoms with van der Waals surface area (Å²) in [5.74, 6) is 0.743. The number of aryl methyl sites for hydroxylation is 1. The Morgan fingerprint density at radius 1 is 1.08 bits per heavy atom. The highest BCUT2D eigenvalue weighted by Crippen LogP contribution is 2.26. The van der Waals surface area contributed by atoms with Crippen molar-refractivity contribution in [3.05, 3.63) is 65.7 Å². The van der Waals surface area contributed by atoms with Crippen molar-refractivity contribution >= 4 is 15.6 Å². The molecule has 2 aromatic rings. The Balaban J connectivity index is 1.92. The SMILES string of the molecule is COc1ccc(C2=CCC(O)CN(S(=O)(=O)c3ccc(C)cc3)C2)cc1. The van der Waals surface area contributed by atoms with Gasteiger partial charge in [0.1, 0.15) is 5.75 Å². The van der Waals surface area contributed by atoms with Gasteiger partial charge in [-0.25, -0.2) is 8.42 Å². The summed E-state index contributed by atoms with van der Waals surface area (Å²) in [6.07, 6.45) is 1.60. The quantitative estimate of drug-likeness (QED) is 0.895. The highest BCUT2D eigenvalue weighted by atomic mass is 32.2. The largest absolute Gasteiger partial charge is 0.497 e. The molecule has 3 rings (SSSR count). The molecule has 2 aromatic carbocycles. The number of β-amino-alcohol motifs (C(OH)–C–C–N with tert-alkyl or cyclic N) is 1. The Hall–Kier alpha value is -2.15. The van der Waals surface area contributed by atoms with E-state index in [9.17, 15) is 13.5 Å². The molecule has 0 saturated heterocycles. The van der Waals surface area contributed by atoms with E-state index < -0.39 is 16.1 Å². The number of ether oxygens (including phenoxy) is 1. The zero-order chi connectivity index (χ0) is 18.7. The molecule has 1 atom stereocenters. The van der Waals surface area contributed by atoms with Crippen LogP contribution in [0.15, 0.2) is 59.5 Å². The minimum absolute atomic E-state index is 0.0758. The van der Waals surface area contributed by atoms with Gasteiger partial charge >= 0.3 is 0 Å². The monoisotopic (exact) mass is 373 g/mol. The van der Waals surface area contributed by atoms with E-state index in [1.54, 1.807) is 31.4 Å². The van der Waals surface area contributed by atoms with E-state index in [1.165, 1.54) is 4.31 Å². The molecule has 1 unspecified atom stereocenters. The van der Waals surface area contributed by atoms with Crippen molar-refractivity contribution in [2.75, 3.05) is 20.2 Å². The highest BCUT2D eigenvalue weighted by Gasteiger charge is 2.29. The van der Waals surface area contributed by atoms with E-state index in [-0.39, 0.29) is 18.0 Å². The topological polar surface area (TPSA) is 66.8 Å². The van der Waals surface area contributed by atoms with Gasteiger partial charge in [0.05, 0.1) is 18.1 Å². The summed E-state index contributed by atoms with van der Waals surface area (Å²) in [6, 6.07) is 14.3. The third-order valence-electron chi connectivity index (χ3n) is 4.52. The van der Waals surface area contributed by atoms with Gasteiger partial charge in [0.2, 0.25) is 10.0 Å². The van der Waals surface area contributed by atoms with Gasteiger partial charge in [-0.1, -0.05) is 35.9 Å². The first-order valence-corrected chi connectivity index (χ1v) is 9.92. The molecule has 26 heavy (non-hydrogen) atoms. The van der Waals surface area contributed by atoms with Crippen molar-refractivity contribution in [2.24, 2.45) is 0 Å². The van der Waals surface area contributed by atoms with Crippen LogP contribution in [0.3, 0.4) is 0 Å². The van der Waals surface area contributed by atoms with E-state index in [2.05, 4.69) is 0 Å².